The lowest BCUT2D eigenvalue weighted by Crippen LogP contribution is -2.41. The molecular weight excluding hydrogens is 391 g/mol. The van der Waals surface area contributed by atoms with Crippen molar-refractivity contribution in [1.29, 1.82) is 0 Å². The van der Waals surface area contributed by atoms with Crippen LogP contribution in [-0.2, 0) is 0 Å². The quantitative estimate of drug-likeness (QED) is 0.593. The van der Waals surface area contributed by atoms with E-state index in [4.69, 9.17) is 27.9 Å². The standard InChI is InChI=1S/C19H16Cl2N2O2S/c20-13-9-12(10-14(21)11-13)18(24)23-7-5-15(6-8-23)25-19-22-16-3-1-2-4-17(16)26-19/h1-4,9-11,15H,5-8H2. The van der Waals surface area contributed by atoms with Gasteiger partial charge in [-0.25, -0.2) is 4.98 Å². The number of carbonyl (C=O) groups is 1. The topological polar surface area (TPSA) is 42.4 Å². The number of aromatic nitrogens is 1. The molecule has 4 rings (SSSR count). The van der Waals surface area contributed by atoms with Crippen LogP contribution in [0, 0.1) is 0 Å². The van der Waals surface area contributed by atoms with Crippen molar-refractivity contribution in [3.8, 4) is 5.19 Å². The fraction of sp³-hybridized carbons (Fsp3) is 0.263. The maximum Gasteiger partial charge on any atom is 0.274 e. The number of carbonyl (C=O) groups excluding carboxylic acids is 1. The van der Waals surface area contributed by atoms with Gasteiger partial charge < -0.3 is 9.64 Å². The van der Waals surface area contributed by atoms with E-state index in [1.54, 1.807) is 29.5 Å². The summed E-state index contributed by atoms with van der Waals surface area (Å²) in [6, 6.07) is 12.9. The number of ether oxygens (including phenoxy) is 1. The minimum absolute atomic E-state index is 0.0483. The number of hydrogen-bond donors (Lipinski definition) is 0. The molecule has 0 saturated carbocycles. The number of fused-ring (bicyclic) bond motifs is 1. The normalized spacial score (nSPS) is 15.4. The molecule has 4 nitrogen and oxygen atoms in total. The van der Waals surface area contributed by atoms with Gasteiger partial charge in [-0.2, -0.15) is 0 Å². The molecular formula is C19H16Cl2N2O2S. The predicted octanol–water partition coefficient (Wildman–Crippen LogP) is 5.29. The number of rotatable bonds is 3. The molecule has 2 aromatic carbocycles. The summed E-state index contributed by atoms with van der Waals surface area (Å²) in [6.07, 6.45) is 1.62. The van der Waals surface area contributed by atoms with Gasteiger partial charge in [0.05, 0.1) is 10.2 Å². The number of hydrogen-bond acceptors (Lipinski definition) is 4. The first kappa shape index (κ1) is 17.6. The average Bonchev–Trinajstić information content (AvgIpc) is 3.03. The Balaban J connectivity index is 1.38. The van der Waals surface area contributed by atoms with Crippen LogP contribution in [0.3, 0.4) is 0 Å². The van der Waals surface area contributed by atoms with E-state index in [0.717, 1.165) is 23.1 Å². The smallest absolute Gasteiger partial charge is 0.274 e. The molecule has 1 saturated heterocycles. The highest BCUT2D eigenvalue weighted by atomic mass is 35.5. The molecule has 0 bridgehead atoms. The molecule has 26 heavy (non-hydrogen) atoms. The second kappa shape index (κ2) is 7.43. The summed E-state index contributed by atoms with van der Waals surface area (Å²) in [5, 5.41) is 1.63. The number of likely N-dealkylation sites (tertiary alicyclic amines) is 1. The molecule has 1 aliphatic rings. The molecule has 2 heterocycles. The van der Waals surface area contributed by atoms with Gasteiger partial charge in [0.1, 0.15) is 6.10 Å². The van der Waals surface area contributed by atoms with Crippen LogP contribution in [0.4, 0.5) is 0 Å². The van der Waals surface area contributed by atoms with Crippen LogP contribution >= 0.6 is 34.5 Å². The Morgan fingerprint density at radius 2 is 1.81 bits per heavy atom. The zero-order valence-electron chi connectivity index (χ0n) is 13.8. The van der Waals surface area contributed by atoms with Gasteiger partial charge in [-0.1, -0.05) is 46.7 Å². The molecule has 0 spiro atoms. The first-order valence-corrected chi connectivity index (χ1v) is 9.93. The van der Waals surface area contributed by atoms with E-state index in [9.17, 15) is 4.79 Å². The largest absolute Gasteiger partial charge is 0.467 e. The average molecular weight is 407 g/mol. The van der Waals surface area contributed by atoms with E-state index in [1.165, 1.54) is 0 Å². The van der Waals surface area contributed by atoms with E-state index in [-0.39, 0.29) is 12.0 Å². The van der Waals surface area contributed by atoms with Crippen LogP contribution in [0.1, 0.15) is 23.2 Å². The Labute approximate surface area is 165 Å². The van der Waals surface area contributed by atoms with Crippen LogP contribution in [-0.4, -0.2) is 35.0 Å². The lowest BCUT2D eigenvalue weighted by Gasteiger charge is -2.31. The number of nitrogens with zero attached hydrogens (tertiary/aromatic N) is 2. The van der Waals surface area contributed by atoms with Crippen LogP contribution in [0.15, 0.2) is 42.5 Å². The maximum absolute atomic E-state index is 12.6. The van der Waals surface area contributed by atoms with Crippen LogP contribution < -0.4 is 4.74 Å². The predicted molar refractivity (Wildman–Crippen MR) is 106 cm³/mol. The summed E-state index contributed by atoms with van der Waals surface area (Å²) < 4.78 is 7.16. The molecule has 7 heteroatoms. The minimum Gasteiger partial charge on any atom is -0.467 e. The van der Waals surface area contributed by atoms with Crippen LogP contribution in [0.25, 0.3) is 10.2 Å². The van der Waals surface area contributed by atoms with E-state index in [2.05, 4.69) is 4.98 Å². The lowest BCUT2D eigenvalue weighted by molar-refractivity contribution is 0.0595. The van der Waals surface area contributed by atoms with Crippen molar-refractivity contribution in [2.24, 2.45) is 0 Å². The molecule has 3 aromatic rings. The molecule has 1 aliphatic heterocycles. The molecule has 134 valence electrons. The molecule has 0 aliphatic carbocycles. The summed E-state index contributed by atoms with van der Waals surface area (Å²) in [7, 11) is 0. The highest BCUT2D eigenvalue weighted by molar-refractivity contribution is 7.20. The highest BCUT2D eigenvalue weighted by Crippen LogP contribution is 2.30. The molecule has 1 amide bonds. The van der Waals surface area contributed by atoms with Crippen molar-refractivity contribution in [1.82, 2.24) is 9.88 Å². The first-order chi connectivity index (χ1) is 12.6. The van der Waals surface area contributed by atoms with Gasteiger partial charge in [0, 0.05) is 41.5 Å². The Morgan fingerprint density at radius 1 is 1.12 bits per heavy atom. The molecule has 0 atom stereocenters. The van der Waals surface area contributed by atoms with Gasteiger partial charge >= 0.3 is 0 Å². The van der Waals surface area contributed by atoms with Crippen molar-refractivity contribution in [3.63, 3.8) is 0 Å². The second-order valence-corrected chi connectivity index (χ2v) is 8.08. The second-order valence-electron chi connectivity index (χ2n) is 6.22. The fourth-order valence-corrected chi connectivity index (χ4v) is 4.49. The van der Waals surface area contributed by atoms with Gasteiger partial charge in [0.25, 0.3) is 11.1 Å². The highest BCUT2D eigenvalue weighted by Gasteiger charge is 2.25. The Morgan fingerprint density at radius 3 is 2.50 bits per heavy atom. The summed E-state index contributed by atoms with van der Waals surface area (Å²) in [5.74, 6) is -0.0483. The monoisotopic (exact) mass is 406 g/mol. The number of amides is 1. The number of piperidine rings is 1. The molecule has 1 fully saturated rings. The molecule has 0 N–H and O–H groups in total. The number of benzene rings is 2. The zero-order chi connectivity index (χ0) is 18.1. The summed E-state index contributed by atoms with van der Waals surface area (Å²) in [5.41, 5.74) is 1.48. The van der Waals surface area contributed by atoms with Crippen LogP contribution in [0.5, 0.6) is 5.19 Å². The van der Waals surface area contributed by atoms with Crippen molar-refractivity contribution in [2.75, 3.05) is 13.1 Å². The SMILES string of the molecule is O=C(c1cc(Cl)cc(Cl)c1)N1CCC(Oc2nc3ccccc3s2)CC1. The van der Waals surface area contributed by atoms with Crippen molar-refractivity contribution >= 4 is 50.7 Å². The maximum atomic E-state index is 12.6. The number of halogens is 2. The Kier molecular flexibility index (Phi) is 5.02. The van der Waals surface area contributed by atoms with Crippen LogP contribution in [0.2, 0.25) is 10.0 Å². The van der Waals surface area contributed by atoms with Crippen molar-refractivity contribution < 1.29 is 9.53 Å². The number of thiazole rings is 1. The van der Waals surface area contributed by atoms with Crippen molar-refractivity contribution in [2.45, 2.75) is 18.9 Å². The van der Waals surface area contributed by atoms with E-state index < -0.39 is 0 Å². The van der Waals surface area contributed by atoms with Gasteiger partial charge in [0.15, 0.2) is 0 Å². The molecule has 0 unspecified atom stereocenters. The van der Waals surface area contributed by atoms with E-state index in [0.29, 0.717) is 33.9 Å². The molecule has 1 aromatic heterocycles. The summed E-state index contributed by atoms with van der Waals surface area (Å²) in [6.45, 7) is 1.27. The van der Waals surface area contributed by atoms with Gasteiger partial charge in [-0.15, -0.1) is 0 Å². The summed E-state index contributed by atoms with van der Waals surface area (Å²) in [4.78, 5) is 19.0. The Hall–Kier alpha value is -1.82. The zero-order valence-corrected chi connectivity index (χ0v) is 16.2. The van der Waals surface area contributed by atoms with Gasteiger partial charge in [-0.3, -0.25) is 4.79 Å². The lowest BCUT2D eigenvalue weighted by atomic mass is 10.1. The number of para-hydroxylation sites is 1. The minimum atomic E-state index is -0.0483. The van der Waals surface area contributed by atoms with Crippen molar-refractivity contribution in [3.05, 3.63) is 58.1 Å². The third-order valence-electron chi connectivity index (χ3n) is 4.38. The third kappa shape index (κ3) is 3.80. The van der Waals surface area contributed by atoms with E-state index in [1.807, 2.05) is 29.2 Å². The van der Waals surface area contributed by atoms with E-state index >= 15 is 0 Å². The van der Waals surface area contributed by atoms with Gasteiger partial charge in [-0.05, 0) is 30.3 Å². The first-order valence-electron chi connectivity index (χ1n) is 8.36. The third-order valence-corrected chi connectivity index (χ3v) is 5.74. The Bertz CT molecular complexity index is 898. The fourth-order valence-electron chi connectivity index (χ4n) is 3.08. The summed E-state index contributed by atoms with van der Waals surface area (Å²) >= 11 is 13.6. The van der Waals surface area contributed by atoms with Gasteiger partial charge in [0.2, 0.25) is 0 Å². The molecule has 0 radical (unpaired) electrons.